The van der Waals surface area contributed by atoms with Crippen LogP contribution < -0.4 is 9.47 Å². The normalized spacial score (nSPS) is 12.9. The van der Waals surface area contributed by atoms with E-state index in [4.69, 9.17) is 14.6 Å². The Morgan fingerprint density at radius 2 is 2.10 bits per heavy atom. The van der Waals surface area contributed by atoms with Gasteiger partial charge in [-0.2, -0.15) is 0 Å². The minimum atomic E-state index is -0.959. The summed E-state index contributed by atoms with van der Waals surface area (Å²) in [5.41, 5.74) is 2.10. The molecule has 1 aliphatic heterocycles. The zero-order valence-corrected chi connectivity index (χ0v) is 11.5. The van der Waals surface area contributed by atoms with Crippen molar-refractivity contribution in [3.05, 3.63) is 65.2 Å². The lowest BCUT2D eigenvalue weighted by Crippen LogP contribution is -2.06. The van der Waals surface area contributed by atoms with E-state index in [1.807, 2.05) is 30.3 Å². The second kappa shape index (κ2) is 5.32. The Balaban J connectivity index is 1.93. The number of aromatic carboxylic acids is 1. The molecular weight excluding hydrogens is 268 g/mol. The lowest BCUT2D eigenvalue weighted by molar-refractivity contribution is 0.0696. The fourth-order valence-electron chi connectivity index (χ4n) is 2.27. The van der Waals surface area contributed by atoms with Crippen LogP contribution in [0.3, 0.4) is 0 Å². The van der Waals surface area contributed by atoms with E-state index in [1.54, 1.807) is 25.3 Å². The van der Waals surface area contributed by atoms with Gasteiger partial charge in [0, 0.05) is 5.56 Å². The Bertz CT molecular complexity index is 731. The van der Waals surface area contributed by atoms with Gasteiger partial charge in [-0.1, -0.05) is 18.2 Å². The molecule has 4 nitrogen and oxygen atoms in total. The first kappa shape index (κ1) is 13.2. The van der Waals surface area contributed by atoms with E-state index >= 15 is 0 Å². The van der Waals surface area contributed by atoms with Crippen LogP contribution >= 0.6 is 0 Å². The summed E-state index contributed by atoms with van der Waals surface area (Å²) >= 11 is 0. The van der Waals surface area contributed by atoms with Gasteiger partial charge < -0.3 is 14.6 Å². The molecule has 106 valence electrons. The van der Waals surface area contributed by atoms with Gasteiger partial charge in [0.2, 0.25) is 0 Å². The highest BCUT2D eigenvalue weighted by molar-refractivity contribution is 5.88. The van der Waals surface area contributed by atoms with Gasteiger partial charge in [-0.05, 0) is 42.3 Å². The van der Waals surface area contributed by atoms with E-state index < -0.39 is 5.97 Å². The largest absolute Gasteiger partial charge is 0.497 e. The minimum Gasteiger partial charge on any atom is -0.497 e. The summed E-state index contributed by atoms with van der Waals surface area (Å²) in [6.07, 6.45) is 2.69. The summed E-state index contributed by atoms with van der Waals surface area (Å²) in [5, 5.41) is 9.05. The van der Waals surface area contributed by atoms with Gasteiger partial charge in [-0.25, -0.2) is 4.79 Å². The van der Waals surface area contributed by atoms with Gasteiger partial charge >= 0.3 is 5.97 Å². The van der Waals surface area contributed by atoms with Crippen molar-refractivity contribution >= 4 is 11.7 Å². The van der Waals surface area contributed by atoms with Crippen LogP contribution in [0.1, 0.15) is 21.5 Å². The van der Waals surface area contributed by atoms with Crippen LogP contribution in [-0.2, 0) is 6.42 Å². The van der Waals surface area contributed by atoms with E-state index in [-0.39, 0.29) is 5.56 Å². The molecule has 0 radical (unpaired) electrons. The Morgan fingerprint density at radius 3 is 2.86 bits per heavy atom. The van der Waals surface area contributed by atoms with E-state index in [0.29, 0.717) is 17.9 Å². The molecule has 0 spiro atoms. The molecule has 1 aliphatic rings. The van der Waals surface area contributed by atoms with E-state index in [0.717, 1.165) is 16.9 Å². The van der Waals surface area contributed by atoms with E-state index in [9.17, 15) is 4.79 Å². The van der Waals surface area contributed by atoms with E-state index in [2.05, 4.69) is 0 Å². The summed E-state index contributed by atoms with van der Waals surface area (Å²) in [6.45, 7) is 0. The SMILES string of the molecule is COc1cccc(C2=CCc3ccc(C(=O)O)cc3O2)c1. The number of carbonyl (C=O) groups is 1. The number of benzene rings is 2. The van der Waals surface area contributed by atoms with Crippen LogP contribution in [0.15, 0.2) is 48.5 Å². The standard InChI is InChI=1S/C17H14O4/c1-20-14-4-2-3-12(9-14)15-8-7-11-5-6-13(17(18)19)10-16(11)21-15/h2-6,8-10H,7H2,1H3,(H,18,19). The Hall–Kier alpha value is -2.75. The predicted octanol–water partition coefficient (Wildman–Crippen LogP) is 3.37. The van der Waals surface area contributed by atoms with Gasteiger partial charge in [-0.3, -0.25) is 0 Å². The molecular formula is C17H14O4. The minimum absolute atomic E-state index is 0.223. The second-order valence-electron chi connectivity index (χ2n) is 4.73. The molecule has 0 saturated carbocycles. The number of ether oxygens (including phenoxy) is 2. The van der Waals surface area contributed by atoms with Crippen molar-refractivity contribution in [1.82, 2.24) is 0 Å². The van der Waals surface area contributed by atoms with Crippen molar-refractivity contribution in [3.63, 3.8) is 0 Å². The molecule has 21 heavy (non-hydrogen) atoms. The smallest absolute Gasteiger partial charge is 0.335 e. The summed E-state index contributed by atoms with van der Waals surface area (Å²) in [4.78, 5) is 11.0. The molecule has 0 fully saturated rings. The third-order valence-electron chi connectivity index (χ3n) is 3.40. The second-order valence-corrected chi connectivity index (χ2v) is 4.73. The van der Waals surface area contributed by atoms with Gasteiger partial charge in [-0.15, -0.1) is 0 Å². The summed E-state index contributed by atoms with van der Waals surface area (Å²) < 4.78 is 11.1. The predicted molar refractivity (Wildman–Crippen MR) is 78.7 cm³/mol. The fraction of sp³-hybridized carbons (Fsp3) is 0.118. The number of carboxylic acids is 1. The maximum absolute atomic E-state index is 11.0. The Labute approximate surface area is 122 Å². The Kier molecular flexibility index (Phi) is 3.36. The lowest BCUT2D eigenvalue weighted by atomic mass is 10.0. The maximum Gasteiger partial charge on any atom is 0.335 e. The van der Waals surface area contributed by atoms with Crippen molar-refractivity contribution in [2.75, 3.05) is 7.11 Å². The first-order valence-corrected chi connectivity index (χ1v) is 6.56. The molecule has 0 unspecified atom stereocenters. The van der Waals surface area contributed by atoms with Crippen LogP contribution in [0, 0.1) is 0 Å². The average molecular weight is 282 g/mol. The molecule has 0 atom stereocenters. The summed E-state index contributed by atoms with van der Waals surface area (Å²) in [5.74, 6) is 1.10. The van der Waals surface area contributed by atoms with Gasteiger partial charge in [0.05, 0.1) is 12.7 Å². The molecule has 0 aliphatic carbocycles. The lowest BCUT2D eigenvalue weighted by Gasteiger charge is -2.19. The van der Waals surface area contributed by atoms with Gasteiger partial charge in [0.25, 0.3) is 0 Å². The number of fused-ring (bicyclic) bond motifs is 1. The number of methoxy groups -OCH3 is 1. The van der Waals surface area contributed by atoms with Crippen molar-refractivity contribution in [2.24, 2.45) is 0 Å². The molecule has 0 saturated heterocycles. The number of rotatable bonds is 3. The Morgan fingerprint density at radius 1 is 1.24 bits per heavy atom. The van der Waals surface area contributed by atoms with Crippen LogP contribution in [0.25, 0.3) is 5.76 Å². The molecule has 2 aromatic rings. The first-order valence-electron chi connectivity index (χ1n) is 6.56. The van der Waals surface area contributed by atoms with Gasteiger partial charge in [0.1, 0.15) is 17.3 Å². The molecule has 0 bridgehead atoms. The summed E-state index contributed by atoms with van der Waals surface area (Å²) in [7, 11) is 1.61. The van der Waals surface area contributed by atoms with Gasteiger partial charge in [0.15, 0.2) is 0 Å². The highest BCUT2D eigenvalue weighted by atomic mass is 16.5. The first-order chi connectivity index (χ1) is 10.2. The number of hydrogen-bond donors (Lipinski definition) is 1. The van der Waals surface area contributed by atoms with Crippen molar-refractivity contribution in [3.8, 4) is 11.5 Å². The highest BCUT2D eigenvalue weighted by Gasteiger charge is 2.16. The monoisotopic (exact) mass is 282 g/mol. The summed E-state index contributed by atoms with van der Waals surface area (Å²) in [6, 6.07) is 12.5. The van der Waals surface area contributed by atoms with E-state index in [1.165, 1.54) is 0 Å². The number of allylic oxidation sites excluding steroid dienone is 1. The average Bonchev–Trinajstić information content (AvgIpc) is 2.53. The molecule has 1 heterocycles. The fourth-order valence-corrected chi connectivity index (χ4v) is 2.27. The third kappa shape index (κ3) is 2.60. The molecule has 1 N–H and O–H groups in total. The topological polar surface area (TPSA) is 55.8 Å². The maximum atomic E-state index is 11.0. The zero-order valence-electron chi connectivity index (χ0n) is 11.5. The molecule has 0 aromatic heterocycles. The van der Waals surface area contributed by atoms with Crippen LogP contribution in [0.2, 0.25) is 0 Å². The molecule has 2 aromatic carbocycles. The van der Waals surface area contributed by atoms with Crippen molar-refractivity contribution < 1.29 is 19.4 Å². The zero-order chi connectivity index (χ0) is 14.8. The number of hydrogen-bond acceptors (Lipinski definition) is 3. The molecule has 0 amide bonds. The molecule has 3 rings (SSSR count). The van der Waals surface area contributed by atoms with Crippen molar-refractivity contribution in [2.45, 2.75) is 6.42 Å². The van der Waals surface area contributed by atoms with Crippen LogP contribution in [-0.4, -0.2) is 18.2 Å². The highest BCUT2D eigenvalue weighted by Crippen LogP contribution is 2.32. The van der Waals surface area contributed by atoms with Crippen LogP contribution in [0.4, 0.5) is 0 Å². The quantitative estimate of drug-likeness (QED) is 0.937. The molecule has 4 heteroatoms. The third-order valence-corrected chi connectivity index (χ3v) is 3.40. The number of carboxylic acid groups (broad SMARTS) is 1. The van der Waals surface area contributed by atoms with Crippen LogP contribution in [0.5, 0.6) is 11.5 Å². The van der Waals surface area contributed by atoms with Crippen molar-refractivity contribution in [1.29, 1.82) is 0 Å².